The van der Waals surface area contributed by atoms with E-state index in [9.17, 15) is 19.8 Å². The fraction of sp³-hybridized carbons (Fsp3) is 0.600. The van der Waals surface area contributed by atoms with Crippen molar-refractivity contribution in [2.24, 2.45) is 0 Å². The lowest BCUT2D eigenvalue weighted by Gasteiger charge is -2.40. The minimum Gasteiger partial charge on any atom is -0.394 e. The molecule has 0 spiro atoms. The minimum absolute atomic E-state index is 0.109. The van der Waals surface area contributed by atoms with Gasteiger partial charge in [0.1, 0.15) is 18.3 Å². The van der Waals surface area contributed by atoms with Crippen molar-refractivity contribution in [3.8, 4) is 0 Å². The molecule has 0 aromatic rings. The molecule has 3 N–H and O–H groups in total. The first-order chi connectivity index (χ1) is 8.06. The van der Waals surface area contributed by atoms with Crippen LogP contribution < -0.4 is 0 Å². The van der Waals surface area contributed by atoms with Crippen LogP contribution in [-0.2, 0) is 14.3 Å². The van der Waals surface area contributed by atoms with E-state index in [1.165, 1.54) is 0 Å². The topological polar surface area (TPSA) is 107 Å². The van der Waals surface area contributed by atoms with Gasteiger partial charge in [0.2, 0.25) is 0 Å². The van der Waals surface area contributed by atoms with Gasteiger partial charge in [0.25, 0.3) is 11.8 Å². The molecule has 2 aliphatic heterocycles. The Hall–Kier alpha value is -1.28. The highest BCUT2D eigenvalue weighted by atomic mass is 16.5. The summed E-state index contributed by atoms with van der Waals surface area (Å²) < 4.78 is 5.10. The van der Waals surface area contributed by atoms with Crippen LogP contribution in [0.4, 0.5) is 0 Å². The molecule has 7 nitrogen and oxygen atoms in total. The molecule has 7 heteroatoms. The van der Waals surface area contributed by atoms with Crippen LogP contribution in [0.2, 0.25) is 0 Å². The predicted molar refractivity (Wildman–Crippen MR) is 53.6 cm³/mol. The van der Waals surface area contributed by atoms with Crippen LogP contribution >= 0.6 is 0 Å². The van der Waals surface area contributed by atoms with Crippen molar-refractivity contribution in [1.29, 1.82) is 0 Å². The second kappa shape index (κ2) is 4.53. The maximum Gasteiger partial charge on any atom is 0.254 e. The molecular weight excluding hydrogens is 230 g/mol. The number of rotatable bonds is 2. The summed E-state index contributed by atoms with van der Waals surface area (Å²) in [6.07, 6.45) is -1.37. The fourth-order valence-electron chi connectivity index (χ4n) is 1.99. The van der Waals surface area contributed by atoms with E-state index in [1.807, 2.05) is 0 Å². The SMILES string of the molecule is O=C1C=CC(=O)N1[C@@H]1CO[C@H](CO)[C@H](O)[C@@H]1O. The summed E-state index contributed by atoms with van der Waals surface area (Å²) in [5, 5.41) is 28.3. The van der Waals surface area contributed by atoms with E-state index < -0.39 is 42.8 Å². The Bertz CT molecular complexity index is 350. The zero-order valence-electron chi connectivity index (χ0n) is 8.89. The van der Waals surface area contributed by atoms with Gasteiger partial charge in [0.15, 0.2) is 0 Å². The molecule has 0 aromatic heterocycles. The Kier molecular flexibility index (Phi) is 3.25. The third-order valence-electron chi connectivity index (χ3n) is 2.96. The van der Waals surface area contributed by atoms with E-state index in [2.05, 4.69) is 0 Å². The average Bonchev–Trinajstić information content (AvgIpc) is 2.63. The lowest BCUT2D eigenvalue weighted by molar-refractivity contribution is -0.185. The first-order valence-electron chi connectivity index (χ1n) is 5.20. The standard InChI is InChI=1S/C10H13NO6/c12-3-6-10(16)9(15)5(4-17-6)11-7(13)1-2-8(11)14/h1-2,5-6,9-10,12,15-16H,3-4H2/t5-,6-,9-,10+/m1/s1. The Morgan fingerprint density at radius 3 is 2.35 bits per heavy atom. The first-order valence-corrected chi connectivity index (χ1v) is 5.20. The number of ether oxygens (including phenoxy) is 1. The summed E-state index contributed by atoms with van der Waals surface area (Å²) >= 11 is 0. The van der Waals surface area contributed by atoms with Gasteiger partial charge in [-0.2, -0.15) is 0 Å². The van der Waals surface area contributed by atoms with Crippen LogP contribution in [0.15, 0.2) is 12.2 Å². The molecular formula is C10H13NO6. The van der Waals surface area contributed by atoms with Crippen molar-refractivity contribution in [1.82, 2.24) is 4.90 Å². The summed E-state index contributed by atoms with van der Waals surface area (Å²) in [5.74, 6) is -1.09. The molecule has 1 saturated heterocycles. The van der Waals surface area contributed by atoms with Crippen LogP contribution in [0.5, 0.6) is 0 Å². The Labute approximate surface area is 96.9 Å². The van der Waals surface area contributed by atoms with E-state index in [4.69, 9.17) is 9.84 Å². The quantitative estimate of drug-likeness (QED) is 0.459. The monoisotopic (exact) mass is 243 g/mol. The highest BCUT2D eigenvalue weighted by Gasteiger charge is 2.44. The average molecular weight is 243 g/mol. The molecule has 2 amide bonds. The van der Waals surface area contributed by atoms with E-state index in [-0.39, 0.29) is 6.61 Å². The van der Waals surface area contributed by atoms with Crippen molar-refractivity contribution in [2.45, 2.75) is 24.4 Å². The molecule has 2 heterocycles. The lowest BCUT2D eigenvalue weighted by atomic mass is 9.97. The highest BCUT2D eigenvalue weighted by Crippen LogP contribution is 2.22. The highest BCUT2D eigenvalue weighted by molar-refractivity contribution is 6.13. The van der Waals surface area contributed by atoms with E-state index in [1.54, 1.807) is 0 Å². The number of amides is 2. The van der Waals surface area contributed by atoms with Crippen LogP contribution in [-0.4, -0.2) is 69.6 Å². The number of aliphatic hydroxyl groups is 3. The van der Waals surface area contributed by atoms with Gasteiger partial charge in [0, 0.05) is 12.2 Å². The van der Waals surface area contributed by atoms with Crippen LogP contribution in [0, 0.1) is 0 Å². The Morgan fingerprint density at radius 2 is 1.82 bits per heavy atom. The normalized spacial score (nSPS) is 37.9. The number of imide groups is 1. The van der Waals surface area contributed by atoms with E-state index >= 15 is 0 Å². The van der Waals surface area contributed by atoms with Crippen molar-refractivity contribution < 1.29 is 29.6 Å². The van der Waals surface area contributed by atoms with Gasteiger partial charge >= 0.3 is 0 Å². The molecule has 0 unspecified atom stereocenters. The molecule has 2 aliphatic rings. The molecule has 4 atom stereocenters. The smallest absolute Gasteiger partial charge is 0.254 e. The van der Waals surface area contributed by atoms with Gasteiger partial charge in [-0.3, -0.25) is 14.5 Å². The summed E-state index contributed by atoms with van der Waals surface area (Å²) in [4.78, 5) is 23.7. The summed E-state index contributed by atoms with van der Waals surface area (Å²) in [6, 6.07) is -0.928. The second-order valence-corrected chi connectivity index (χ2v) is 3.98. The zero-order valence-corrected chi connectivity index (χ0v) is 8.89. The lowest BCUT2D eigenvalue weighted by Crippen LogP contribution is -2.61. The molecule has 17 heavy (non-hydrogen) atoms. The van der Waals surface area contributed by atoms with Crippen molar-refractivity contribution >= 4 is 11.8 Å². The number of hydrogen-bond donors (Lipinski definition) is 3. The fourth-order valence-corrected chi connectivity index (χ4v) is 1.99. The molecule has 0 aromatic carbocycles. The van der Waals surface area contributed by atoms with Gasteiger partial charge in [-0.25, -0.2) is 0 Å². The van der Waals surface area contributed by atoms with Crippen molar-refractivity contribution in [3.63, 3.8) is 0 Å². The maximum absolute atomic E-state index is 11.4. The van der Waals surface area contributed by atoms with Crippen LogP contribution in [0.1, 0.15) is 0 Å². The van der Waals surface area contributed by atoms with Crippen molar-refractivity contribution in [3.05, 3.63) is 12.2 Å². The second-order valence-electron chi connectivity index (χ2n) is 3.98. The number of carbonyl (C=O) groups is 2. The Balaban J connectivity index is 2.13. The number of carbonyl (C=O) groups excluding carboxylic acids is 2. The molecule has 0 aliphatic carbocycles. The first kappa shape index (κ1) is 12.2. The van der Waals surface area contributed by atoms with Crippen molar-refractivity contribution in [2.75, 3.05) is 13.2 Å². The van der Waals surface area contributed by atoms with Gasteiger partial charge in [0.05, 0.1) is 19.3 Å². The molecule has 94 valence electrons. The maximum atomic E-state index is 11.4. The Morgan fingerprint density at radius 1 is 1.24 bits per heavy atom. The van der Waals surface area contributed by atoms with E-state index in [0.717, 1.165) is 17.1 Å². The zero-order chi connectivity index (χ0) is 12.6. The third-order valence-corrected chi connectivity index (χ3v) is 2.96. The summed E-state index contributed by atoms with van der Waals surface area (Å²) in [7, 11) is 0. The molecule has 0 saturated carbocycles. The molecule has 0 bridgehead atoms. The largest absolute Gasteiger partial charge is 0.394 e. The van der Waals surface area contributed by atoms with Gasteiger partial charge in [-0.1, -0.05) is 0 Å². The number of hydrogen-bond acceptors (Lipinski definition) is 6. The molecule has 0 radical (unpaired) electrons. The molecule has 1 fully saturated rings. The number of aliphatic hydroxyl groups excluding tert-OH is 3. The predicted octanol–water partition coefficient (Wildman–Crippen LogP) is -2.61. The minimum atomic E-state index is -1.33. The summed E-state index contributed by atoms with van der Waals surface area (Å²) in [5.41, 5.74) is 0. The van der Waals surface area contributed by atoms with Crippen LogP contribution in [0.3, 0.4) is 0 Å². The molecule has 2 rings (SSSR count). The van der Waals surface area contributed by atoms with Gasteiger partial charge < -0.3 is 20.1 Å². The summed E-state index contributed by atoms with van der Waals surface area (Å²) in [6.45, 7) is -0.548. The van der Waals surface area contributed by atoms with Gasteiger partial charge in [-0.05, 0) is 0 Å². The van der Waals surface area contributed by atoms with Gasteiger partial charge in [-0.15, -0.1) is 0 Å². The van der Waals surface area contributed by atoms with E-state index in [0.29, 0.717) is 0 Å². The third kappa shape index (κ3) is 1.98. The number of nitrogens with zero attached hydrogens (tertiary/aromatic N) is 1. The van der Waals surface area contributed by atoms with Crippen LogP contribution in [0.25, 0.3) is 0 Å².